The Balaban J connectivity index is 2.11. The lowest BCUT2D eigenvalue weighted by Gasteiger charge is -2.34. The van der Waals surface area contributed by atoms with Crippen LogP contribution in [-0.2, 0) is 30.3 Å². The highest BCUT2D eigenvalue weighted by molar-refractivity contribution is 7.86. The zero-order valence-corrected chi connectivity index (χ0v) is 18.4. The number of nitrogens with zero attached hydrogens (tertiary/aromatic N) is 1. The second-order valence-electron chi connectivity index (χ2n) is 8.24. The summed E-state index contributed by atoms with van der Waals surface area (Å²) in [5.74, 6) is -0.0242. The molecule has 0 unspecified atom stereocenters. The van der Waals surface area contributed by atoms with Crippen molar-refractivity contribution in [3.05, 3.63) is 35.9 Å². The van der Waals surface area contributed by atoms with Crippen LogP contribution in [0.5, 0.6) is 5.75 Å². The number of anilines is 1. The Morgan fingerprint density at radius 3 is 2.33 bits per heavy atom. The summed E-state index contributed by atoms with van der Waals surface area (Å²) < 4.78 is 39.2. The minimum Gasteiger partial charge on any atom is -0.428 e. The normalized spacial score (nSPS) is 16.8. The summed E-state index contributed by atoms with van der Waals surface area (Å²) in [6.45, 7) is 6.66. The summed E-state index contributed by atoms with van der Waals surface area (Å²) in [6.07, 6.45) is -0.288. The minimum absolute atomic E-state index is 0.0691. The van der Waals surface area contributed by atoms with Crippen LogP contribution in [0.2, 0.25) is 0 Å². The van der Waals surface area contributed by atoms with E-state index in [1.807, 2.05) is 12.1 Å². The average molecular weight is 435 g/mol. The summed E-state index contributed by atoms with van der Waals surface area (Å²) in [5, 5.41) is 1.38. The molecule has 8 nitrogen and oxygen atoms in total. The molecule has 1 aliphatic heterocycles. The molecule has 0 fully saturated rings. The fourth-order valence-electron chi connectivity index (χ4n) is 3.49. The second kappa shape index (κ2) is 7.88. The van der Waals surface area contributed by atoms with Crippen LogP contribution in [0.1, 0.15) is 33.3 Å². The van der Waals surface area contributed by atoms with Crippen LogP contribution in [0.4, 0.5) is 10.5 Å². The van der Waals surface area contributed by atoms with E-state index >= 15 is 0 Å². The van der Waals surface area contributed by atoms with Crippen LogP contribution >= 0.6 is 0 Å². The quantitative estimate of drug-likeness (QED) is 0.414. The van der Waals surface area contributed by atoms with Gasteiger partial charge in [-0.1, -0.05) is 24.3 Å². The van der Waals surface area contributed by atoms with Crippen molar-refractivity contribution in [2.45, 2.75) is 45.8 Å². The molecular weight excluding hydrogens is 410 g/mol. The fraction of sp³-hybridized carbons (Fsp3) is 0.429. The Bertz CT molecular complexity index is 1100. The molecule has 30 heavy (non-hydrogen) atoms. The maximum Gasteiger partial charge on any atom is 0.514 e. The van der Waals surface area contributed by atoms with Gasteiger partial charge >= 0.3 is 6.16 Å². The number of benzene rings is 2. The molecule has 0 aliphatic carbocycles. The van der Waals surface area contributed by atoms with Gasteiger partial charge in [-0.2, -0.15) is 8.42 Å². The molecular formula is C21H25NO7S. The third kappa shape index (κ3) is 5.09. The van der Waals surface area contributed by atoms with Crippen LogP contribution in [-0.4, -0.2) is 45.0 Å². The summed E-state index contributed by atoms with van der Waals surface area (Å²) in [6, 6.07) is 8.84. The number of carbonyl (C=O) groups is 2. The van der Waals surface area contributed by atoms with Gasteiger partial charge in [0, 0.05) is 24.8 Å². The maximum atomic E-state index is 12.3. The fourth-order valence-corrected chi connectivity index (χ4v) is 4.12. The van der Waals surface area contributed by atoms with Gasteiger partial charge in [0.1, 0.15) is 11.4 Å². The van der Waals surface area contributed by atoms with Crippen LogP contribution in [0, 0.1) is 0 Å². The van der Waals surface area contributed by atoms with E-state index in [4.69, 9.17) is 13.7 Å². The van der Waals surface area contributed by atoms with Gasteiger partial charge in [0.15, 0.2) is 0 Å². The van der Waals surface area contributed by atoms with E-state index in [0.717, 1.165) is 17.2 Å². The van der Waals surface area contributed by atoms with Gasteiger partial charge in [0.2, 0.25) is 5.91 Å². The zero-order chi connectivity index (χ0) is 22.3. The summed E-state index contributed by atoms with van der Waals surface area (Å²) in [5.41, 5.74) is 0.577. The third-order valence-electron chi connectivity index (χ3n) is 4.48. The molecule has 3 rings (SSSR count). The van der Waals surface area contributed by atoms with E-state index in [1.54, 1.807) is 39.0 Å². The number of hydrogen-bond acceptors (Lipinski definition) is 7. The van der Waals surface area contributed by atoms with Gasteiger partial charge < -0.3 is 14.4 Å². The zero-order valence-electron chi connectivity index (χ0n) is 17.6. The van der Waals surface area contributed by atoms with E-state index in [-0.39, 0.29) is 18.2 Å². The molecule has 1 amide bonds. The van der Waals surface area contributed by atoms with Gasteiger partial charge in [-0.3, -0.25) is 8.98 Å². The Hall–Kier alpha value is -2.65. The molecule has 0 radical (unpaired) electrons. The standard InChI is InChI=1S/C21H25NO7S/c1-13(23)22-12-14(29-30(5,25)26)10-17-15-8-6-7-9-16(15)19(11-18(17)22)27-20(24)28-21(2,3)4/h6-9,11,14H,10,12H2,1-5H3/t14-/m0/s1. The summed E-state index contributed by atoms with van der Waals surface area (Å²) >= 11 is 0. The molecule has 0 N–H and O–H groups in total. The van der Waals surface area contributed by atoms with Crippen LogP contribution in [0.25, 0.3) is 10.8 Å². The first-order chi connectivity index (χ1) is 13.8. The van der Waals surface area contributed by atoms with E-state index in [9.17, 15) is 18.0 Å². The van der Waals surface area contributed by atoms with Crippen LogP contribution in [0.3, 0.4) is 0 Å². The molecule has 0 bridgehead atoms. The molecule has 2 aromatic carbocycles. The lowest BCUT2D eigenvalue weighted by atomic mass is 9.93. The van der Waals surface area contributed by atoms with E-state index in [0.29, 0.717) is 17.5 Å². The number of amides is 1. The van der Waals surface area contributed by atoms with Gasteiger partial charge in [-0.25, -0.2) is 4.79 Å². The Morgan fingerprint density at radius 1 is 1.13 bits per heavy atom. The molecule has 0 saturated heterocycles. The molecule has 2 aromatic rings. The largest absolute Gasteiger partial charge is 0.514 e. The molecule has 9 heteroatoms. The van der Waals surface area contributed by atoms with Gasteiger partial charge in [0.25, 0.3) is 10.1 Å². The van der Waals surface area contributed by atoms with Gasteiger partial charge in [-0.05, 0) is 31.7 Å². The lowest BCUT2D eigenvalue weighted by molar-refractivity contribution is -0.116. The van der Waals surface area contributed by atoms with Crippen molar-refractivity contribution >= 4 is 38.6 Å². The third-order valence-corrected chi connectivity index (χ3v) is 5.10. The van der Waals surface area contributed by atoms with Crippen molar-refractivity contribution in [1.82, 2.24) is 0 Å². The highest BCUT2D eigenvalue weighted by atomic mass is 32.2. The average Bonchev–Trinajstić information content (AvgIpc) is 2.58. The Labute approximate surface area is 175 Å². The molecule has 0 saturated carbocycles. The van der Waals surface area contributed by atoms with Crippen molar-refractivity contribution in [3.8, 4) is 5.75 Å². The van der Waals surface area contributed by atoms with Gasteiger partial charge in [-0.15, -0.1) is 0 Å². The molecule has 162 valence electrons. The van der Waals surface area contributed by atoms with Crippen LogP contribution in [0.15, 0.2) is 30.3 Å². The highest BCUT2D eigenvalue weighted by Crippen LogP contribution is 2.40. The van der Waals surface area contributed by atoms with Crippen molar-refractivity contribution in [2.75, 3.05) is 17.7 Å². The van der Waals surface area contributed by atoms with E-state index < -0.39 is 28.0 Å². The maximum absolute atomic E-state index is 12.3. The van der Waals surface area contributed by atoms with Crippen molar-refractivity contribution in [2.24, 2.45) is 0 Å². The van der Waals surface area contributed by atoms with Crippen molar-refractivity contribution in [1.29, 1.82) is 0 Å². The highest BCUT2D eigenvalue weighted by Gasteiger charge is 2.32. The predicted molar refractivity (Wildman–Crippen MR) is 112 cm³/mol. The Kier molecular flexibility index (Phi) is 5.79. The van der Waals surface area contributed by atoms with E-state index in [2.05, 4.69) is 0 Å². The monoisotopic (exact) mass is 435 g/mol. The van der Waals surface area contributed by atoms with Crippen molar-refractivity contribution < 1.29 is 31.7 Å². The number of fused-ring (bicyclic) bond motifs is 3. The molecule has 1 atom stereocenters. The van der Waals surface area contributed by atoms with Crippen molar-refractivity contribution in [3.63, 3.8) is 0 Å². The predicted octanol–water partition coefficient (Wildman–Crippen LogP) is 3.41. The first-order valence-corrected chi connectivity index (χ1v) is 11.3. The minimum atomic E-state index is -3.69. The number of ether oxygens (including phenoxy) is 2. The number of carbonyl (C=O) groups excluding carboxylic acids is 2. The SMILES string of the molecule is CC(=O)N1C[C@@H](OS(C)(=O)=O)Cc2c1cc(OC(=O)OC(C)(C)C)c1ccccc21. The smallest absolute Gasteiger partial charge is 0.428 e. The number of rotatable bonds is 3. The molecule has 0 aromatic heterocycles. The van der Waals surface area contributed by atoms with Crippen LogP contribution < -0.4 is 9.64 Å². The molecule has 1 heterocycles. The molecule has 1 aliphatic rings. The lowest BCUT2D eigenvalue weighted by Crippen LogP contribution is -2.43. The van der Waals surface area contributed by atoms with Gasteiger partial charge in [0.05, 0.1) is 24.6 Å². The topological polar surface area (TPSA) is 99.2 Å². The summed E-state index contributed by atoms with van der Waals surface area (Å²) in [4.78, 5) is 26.0. The molecule has 0 spiro atoms. The Morgan fingerprint density at radius 2 is 1.77 bits per heavy atom. The second-order valence-corrected chi connectivity index (χ2v) is 9.84. The van der Waals surface area contributed by atoms with E-state index in [1.165, 1.54) is 11.8 Å². The first-order valence-electron chi connectivity index (χ1n) is 9.46. The number of hydrogen-bond donors (Lipinski definition) is 0. The summed E-state index contributed by atoms with van der Waals surface area (Å²) in [7, 11) is -3.69. The first kappa shape index (κ1) is 22.0.